The molecule has 0 aliphatic carbocycles. The van der Waals surface area contributed by atoms with Crippen molar-refractivity contribution in [1.29, 1.82) is 0 Å². The standard InChI is InChI=1S/C31H32ClF3N6O2/c1-36-28-17-20(12-15-38-28)23-7-6-14-39-30(23)43-22-9-10-25(32)27(19-22)40-29(42)24-18-21(31(33,34)35)8-11-26(24)37-13-4-5-16-41(2)3/h6-12,14-15,17-19,37H,4-5,13,16H2,1-3H3,(H,36,38)(H,40,42). The molecule has 2 aromatic heterocycles. The number of aromatic nitrogens is 2. The Morgan fingerprint density at radius 2 is 1.79 bits per heavy atom. The molecule has 2 aromatic carbocycles. The number of nitrogens with one attached hydrogen (secondary N) is 3. The van der Waals surface area contributed by atoms with Crippen LogP contribution in [0.15, 0.2) is 73.1 Å². The molecule has 0 unspecified atom stereocenters. The molecule has 4 aromatic rings. The first-order chi connectivity index (χ1) is 20.5. The second-order valence-corrected chi connectivity index (χ2v) is 10.3. The maximum Gasteiger partial charge on any atom is 0.416 e. The largest absolute Gasteiger partial charge is 0.438 e. The number of alkyl halides is 3. The van der Waals surface area contributed by atoms with E-state index in [1.165, 1.54) is 18.2 Å². The summed E-state index contributed by atoms with van der Waals surface area (Å²) in [5.41, 5.74) is 0.880. The smallest absolute Gasteiger partial charge is 0.416 e. The van der Waals surface area contributed by atoms with E-state index >= 15 is 0 Å². The molecular formula is C31H32ClF3N6O2. The average Bonchev–Trinajstić information content (AvgIpc) is 2.98. The fraction of sp³-hybridized carbons (Fsp3) is 0.258. The molecule has 226 valence electrons. The number of halogens is 4. The SMILES string of the molecule is CNc1cc(-c2cccnc2Oc2ccc(Cl)c(NC(=O)c3cc(C(F)(F)F)ccc3NCCCCN(C)C)c2)ccn1. The van der Waals surface area contributed by atoms with E-state index in [1.807, 2.05) is 37.2 Å². The van der Waals surface area contributed by atoms with Gasteiger partial charge in [0, 0.05) is 43.3 Å². The Morgan fingerprint density at radius 3 is 2.53 bits per heavy atom. The zero-order chi connectivity index (χ0) is 31.0. The van der Waals surface area contributed by atoms with Crippen LogP contribution in [0.3, 0.4) is 0 Å². The number of nitrogens with zero attached hydrogens (tertiary/aromatic N) is 3. The van der Waals surface area contributed by atoms with Crippen LogP contribution in [0, 0.1) is 0 Å². The van der Waals surface area contributed by atoms with Gasteiger partial charge in [-0.1, -0.05) is 11.6 Å². The zero-order valence-electron chi connectivity index (χ0n) is 23.9. The molecule has 1 amide bonds. The number of carbonyl (C=O) groups is 1. The highest BCUT2D eigenvalue weighted by Crippen LogP contribution is 2.36. The minimum absolute atomic E-state index is 0.158. The summed E-state index contributed by atoms with van der Waals surface area (Å²) in [5.74, 6) is 0.525. The first-order valence-electron chi connectivity index (χ1n) is 13.5. The monoisotopic (exact) mass is 612 g/mol. The van der Waals surface area contributed by atoms with Crippen molar-refractivity contribution in [3.05, 3.63) is 89.2 Å². The summed E-state index contributed by atoms with van der Waals surface area (Å²) in [7, 11) is 5.70. The summed E-state index contributed by atoms with van der Waals surface area (Å²) in [6.07, 6.45) is 0.291. The highest BCUT2D eigenvalue weighted by molar-refractivity contribution is 6.34. The number of amides is 1. The van der Waals surface area contributed by atoms with Gasteiger partial charge >= 0.3 is 6.18 Å². The third-order valence-corrected chi connectivity index (χ3v) is 6.77. The zero-order valence-corrected chi connectivity index (χ0v) is 24.7. The Morgan fingerprint density at radius 1 is 0.977 bits per heavy atom. The van der Waals surface area contributed by atoms with Gasteiger partial charge in [-0.25, -0.2) is 9.97 Å². The second-order valence-electron chi connectivity index (χ2n) is 9.93. The van der Waals surface area contributed by atoms with Gasteiger partial charge in [-0.2, -0.15) is 13.2 Å². The van der Waals surface area contributed by atoms with Crippen molar-refractivity contribution in [3.8, 4) is 22.8 Å². The lowest BCUT2D eigenvalue weighted by atomic mass is 10.1. The summed E-state index contributed by atoms with van der Waals surface area (Å²) >= 11 is 6.38. The van der Waals surface area contributed by atoms with Crippen LogP contribution in [0.5, 0.6) is 11.6 Å². The van der Waals surface area contributed by atoms with Crippen LogP contribution in [-0.4, -0.2) is 55.0 Å². The molecule has 0 bridgehead atoms. The van der Waals surface area contributed by atoms with Crippen LogP contribution < -0.4 is 20.7 Å². The molecule has 0 saturated heterocycles. The van der Waals surface area contributed by atoms with Crippen molar-refractivity contribution in [1.82, 2.24) is 14.9 Å². The molecule has 0 saturated carbocycles. The Hall–Kier alpha value is -4.35. The lowest BCUT2D eigenvalue weighted by molar-refractivity contribution is -0.137. The number of anilines is 3. The van der Waals surface area contributed by atoms with Crippen molar-refractivity contribution < 1.29 is 22.7 Å². The number of benzene rings is 2. The highest BCUT2D eigenvalue weighted by Gasteiger charge is 2.32. The molecule has 0 radical (unpaired) electrons. The van der Waals surface area contributed by atoms with Gasteiger partial charge in [-0.05, 0) is 93.6 Å². The van der Waals surface area contributed by atoms with Gasteiger partial charge in [-0.3, -0.25) is 4.79 Å². The van der Waals surface area contributed by atoms with Gasteiger partial charge in [0.15, 0.2) is 0 Å². The fourth-order valence-electron chi connectivity index (χ4n) is 4.23. The van der Waals surface area contributed by atoms with Crippen LogP contribution in [0.4, 0.5) is 30.4 Å². The molecule has 0 aliphatic rings. The molecule has 0 spiro atoms. The summed E-state index contributed by atoms with van der Waals surface area (Å²) in [6.45, 7) is 1.36. The van der Waals surface area contributed by atoms with E-state index in [9.17, 15) is 18.0 Å². The average molecular weight is 613 g/mol. The van der Waals surface area contributed by atoms with Crippen LogP contribution in [-0.2, 0) is 6.18 Å². The van der Waals surface area contributed by atoms with Crippen LogP contribution in [0.2, 0.25) is 5.02 Å². The van der Waals surface area contributed by atoms with Gasteiger partial charge in [-0.15, -0.1) is 0 Å². The molecule has 12 heteroatoms. The molecule has 2 heterocycles. The van der Waals surface area contributed by atoms with Gasteiger partial charge in [0.25, 0.3) is 5.91 Å². The molecule has 8 nitrogen and oxygen atoms in total. The molecule has 4 rings (SSSR count). The van der Waals surface area contributed by atoms with Crippen molar-refractivity contribution in [2.75, 3.05) is 50.2 Å². The van der Waals surface area contributed by atoms with Crippen LogP contribution in [0.1, 0.15) is 28.8 Å². The van der Waals surface area contributed by atoms with E-state index in [0.29, 0.717) is 29.6 Å². The minimum Gasteiger partial charge on any atom is -0.438 e. The van der Waals surface area contributed by atoms with Crippen molar-refractivity contribution in [2.45, 2.75) is 19.0 Å². The molecular weight excluding hydrogens is 581 g/mol. The van der Waals surface area contributed by atoms with Gasteiger partial charge in [0.1, 0.15) is 11.6 Å². The molecule has 0 aliphatic heterocycles. The highest BCUT2D eigenvalue weighted by atomic mass is 35.5. The third kappa shape index (κ3) is 8.59. The van der Waals surface area contributed by atoms with Gasteiger partial charge < -0.3 is 25.6 Å². The Balaban J connectivity index is 1.57. The molecule has 43 heavy (non-hydrogen) atoms. The van der Waals surface area contributed by atoms with E-state index in [4.69, 9.17) is 16.3 Å². The van der Waals surface area contributed by atoms with E-state index in [0.717, 1.165) is 37.1 Å². The third-order valence-electron chi connectivity index (χ3n) is 6.44. The number of hydrogen-bond donors (Lipinski definition) is 3. The Labute approximate surface area is 253 Å². The Kier molecular flexibility index (Phi) is 10.4. The normalized spacial score (nSPS) is 11.3. The molecule has 0 fully saturated rings. The van der Waals surface area contributed by atoms with Gasteiger partial charge in [0.05, 0.1) is 21.8 Å². The van der Waals surface area contributed by atoms with Gasteiger partial charge in [0.2, 0.25) is 5.88 Å². The number of unbranched alkanes of at least 4 members (excludes halogenated alkanes) is 1. The summed E-state index contributed by atoms with van der Waals surface area (Å²) in [4.78, 5) is 24.0. The maximum atomic E-state index is 13.5. The minimum atomic E-state index is -4.62. The van der Waals surface area contributed by atoms with E-state index < -0.39 is 17.6 Å². The summed E-state index contributed by atoms with van der Waals surface area (Å²) < 4.78 is 46.7. The maximum absolute atomic E-state index is 13.5. The number of hydrogen-bond acceptors (Lipinski definition) is 7. The predicted molar refractivity (Wildman–Crippen MR) is 164 cm³/mol. The second kappa shape index (κ2) is 14.2. The Bertz CT molecular complexity index is 1570. The first kappa shape index (κ1) is 31.6. The van der Waals surface area contributed by atoms with Crippen molar-refractivity contribution >= 4 is 34.7 Å². The van der Waals surface area contributed by atoms with Crippen molar-refractivity contribution in [2.24, 2.45) is 0 Å². The summed E-state index contributed by atoms with van der Waals surface area (Å²) in [6, 6.07) is 15.0. The predicted octanol–water partition coefficient (Wildman–Crippen LogP) is 7.66. The van der Waals surface area contributed by atoms with Crippen molar-refractivity contribution in [3.63, 3.8) is 0 Å². The van der Waals surface area contributed by atoms with E-state index in [-0.39, 0.29) is 22.0 Å². The van der Waals surface area contributed by atoms with Crippen LogP contribution >= 0.6 is 11.6 Å². The lowest BCUT2D eigenvalue weighted by Crippen LogP contribution is -2.18. The number of rotatable bonds is 12. The topological polar surface area (TPSA) is 91.4 Å². The van der Waals surface area contributed by atoms with Crippen LogP contribution in [0.25, 0.3) is 11.1 Å². The summed E-state index contributed by atoms with van der Waals surface area (Å²) in [5, 5.41) is 8.92. The quantitative estimate of drug-likeness (QED) is 0.142. The fourth-order valence-corrected chi connectivity index (χ4v) is 4.40. The van der Waals surface area contributed by atoms with E-state index in [1.54, 1.807) is 31.6 Å². The van der Waals surface area contributed by atoms with E-state index in [2.05, 4.69) is 25.9 Å². The molecule has 3 N–H and O–H groups in total. The number of pyridine rings is 2. The number of ether oxygens (including phenoxy) is 1. The molecule has 0 atom stereocenters. The first-order valence-corrected chi connectivity index (χ1v) is 13.9. The lowest BCUT2D eigenvalue weighted by Gasteiger charge is -2.17. The number of carbonyl (C=O) groups excluding carboxylic acids is 1.